The summed E-state index contributed by atoms with van der Waals surface area (Å²) in [5.74, 6) is 2.72. The molecule has 214 valence electrons. The second-order valence-electron chi connectivity index (χ2n) is 11.5. The molecule has 8 heteroatoms. The highest BCUT2D eigenvalue weighted by Crippen LogP contribution is 2.60. The maximum absolute atomic E-state index is 14.1. The highest BCUT2D eigenvalue weighted by atomic mass is 19.1. The predicted octanol–water partition coefficient (Wildman–Crippen LogP) is 5.86. The van der Waals surface area contributed by atoms with Crippen molar-refractivity contribution in [3.05, 3.63) is 60.2 Å². The van der Waals surface area contributed by atoms with Crippen molar-refractivity contribution in [3.63, 3.8) is 0 Å². The fourth-order valence-electron chi connectivity index (χ4n) is 5.74. The van der Waals surface area contributed by atoms with Gasteiger partial charge in [-0.05, 0) is 75.0 Å². The number of alkyl halides is 1. The van der Waals surface area contributed by atoms with Gasteiger partial charge in [-0.2, -0.15) is 0 Å². The van der Waals surface area contributed by atoms with Crippen molar-refractivity contribution in [3.8, 4) is 5.75 Å². The minimum Gasteiger partial charge on any atom is -0.493 e. The van der Waals surface area contributed by atoms with Crippen molar-refractivity contribution in [1.29, 1.82) is 0 Å². The Labute approximate surface area is 232 Å². The number of hydrogen-bond acceptors (Lipinski definition) is 6. The van der Waals surface area contributed by atoms with Gasteiger partial charge in [0.15, 0.2) is 0 Å². The van der Waals surface area contributed by atoms with Crippen LogP contribution in [0.4, 0.5) is 14.7 Å². The molecule has 2 aromatic rings. The van der Waals surface area contributed by atoms with Crippen LogP contribution in [0.3, 0.4) is 0 Å². The number of halogens is 2. The van der Waals surface area contributed by atoms with Crippen LogP contribution in [0.15, 0.2) is 43.2 Å². The molecule has 0 amide bonds. The molecule has 3 heterocycles. The monoisotopic (exact) mass is 542 g/mol. The molecule has 39 heavy (non-hydrogen) atoms. The molecule has 0 bridgehead atoms. The molecule has 0 N–H and O–H groups in total. The highest BCUT2D eigenvalue weighted by Gasteiger charge is 2.53. The summed E-state index contributed by atoms with van der Waals surface area (Å²) in [6.07, 6.45) is 10.1. The van der Waals surface area contributed by atoms with Gasteiger partial charge in [0.1, 0.15) is 17.7 Å². The van der Waals surface area contributed by atoms with Crippen molar-refractivity contribution in [2.75, 3.05) is 51.3 Å². The van der Waals surface area contributed by atoms with E-state index < -0.39 is 6.17 Å². The lowest BCUT2D eigenvalue weighted by molar-refractivity contribution is 0.0915. The van der Waals surface area contributed by atoms with Crippen LogP contribution in [0.2, 0.25) is 0 Å². The van der Waals surface area contributed by atoms with Crippen molar-refractivity contribution in [1.82, 2.24) is 14.9 Å². The second-order valence-corrected chi connectivity index (χ2v) is 11.5. The Morgan fingerprint density at radius 1 is 1.18 bits per heavy atom. The van der Waals surface area contributed by atoms with Crippen LogP contribution in [0.5, 0.6) is 5.75 Å². The van der Waals surface area contributed by atoms with Gasteiger partial charge in [0.25, 0.3) is 0 Å². The van der Waals surface area contributed by atoms with Gasteiger partial charge in [-0.25, -0.2) is 18.7 Å². The van der Waals surface area contributed by atoms with Crippen LogP contribution in [-0.4, -0.2) is 67.5 Å². The average molecular weight is 543 g/mol. The molecule has 3 fully saturated rings. The van der Waals surface area contributed by atoms with Gasteiger partial charge in [0.2, 0.25) is 5.95 Å². The molecule has 2 atom stereocenters. The second kappa shape index (κ2) is 13.7. The number of anilines is 1. The Morgan fingerprint density at radius 2 is 1.90 bits per heavy atom. The Hall–Kier alpha value is -2.58. The van der Waals surface area contributed by atoms with E-state index in [1.807, 2.05) is 37.3 Å². The van der Waals surface area contributed by atoms with E-state index in [2.05, 4.69) is 28.4 Å². The minimum absolute atomic E-state index is 0.220. The number of aromatic nitrogens is 2. The summed E-state index contributed by atoms with van der Waals surface area (Å²) in [6.45, 7) is 13.2. The maximum Gasteiger partial charge on any atom is 0.225 e. The third-order valence-corrected chi connectivity index (χ3v) is 8.33. The number of benzene rings is 1. The topological polar surface area (TPSA) is 50.7 Å². The van der Waals surface area contributed by atoms with Crippen LogP contribution in [0.25, 0.3) is 0 Å². The number of nitrogens with zero attached hydrogens (tertiary/aromatic N) is 4. The third-order valence-electron chi connectivity index (χ3n) is 8.33. The van der Waals surface area contributed by atoms with Gasteiger partial charge < -0.3 is 19.3 Å². The molecule has 2 saturated heterocycles. The number of hydrogen-bond donors (Lipinski definition) is 0. The van der Waals surface area contributed by atoms with Crippen molar-refractivity contribution in [2.24, 2.45) is 17.3 Å². The number of likely N-dealkylation sites (tertiary alicyclic amines) is 1. The zero-order valence-electron chi connectivity index (χ0n) is 23.7. The predicted molar refractivity (Wildman–Crippen MR) is 151 cm³/mol. The quantitative estimate of drug-likeness (QED) is 0.332. The molecule has 0 spiro atoms. The van der Waals surface area contributed by atoms with E-state index in [9.17, 15) is 8.78 Å². The Balaban J connectivity index is 0.000000519. The fraction of sp³-hybridized carbons (Fsp3) is 0.613. The molecule has 2 aliphatic heterocycles. The SMILES string of the molecule is C=CCc1ccc(OCCC2(C)CC2C2CCN(c3ncc(COCC)cn3)CC2)cc1F.CN1CC(F)C1. The molecule has 1 aliphatic carbocycles. The molecule has 5 rings (SSSR count). The number of allylic oxidation sites excluding steroid dienone is 1. The number of rotatable bonds is 11. The summed E-state index contributed by atoms with van der Waals surface area (Å²) in [7, 11) is 1.91. The largest absolute Gasteiger partial charge is 0.493 e. The van der Waals surface area contributed by atoms with Crippen molar-refractivity contribution in [2.45, 2.75) is 58.7 Å². The number of ether oxygens (including phenoxy) is 2. The summed E-state index contributed by atoms with van der Waals surface area (Å²) in [5, 5.41) is 0. The molecule has 6 nitrogen and oxygen atoms in total. The smallest absolute Gasteiger partial charge is 0.225 e. The highest BCUT2D eigenvalue weighted by molar-refractivity contribution is 5.31. The molecular weight excluding hydrogens is 498 g/mol. The molecule has 0 radical (unpaired) electrons. The van der Waals surface area contributed by atoms with Gasteiger partial charge in [-0.1, -0.05) is 19.1 Å². The van der Waals surface area contributed by atoms with Crippen molar-refractivity contribution >= 4 is 5.95 Å². The van der Waals surface area contributed by atoms with Crippen LogP contribution in [0.1, 0.15) is 50.7 Å². The summed E-state index contributed by atoms with van der Waals surface area (Å²) >= 11 is 0. The van der Waals surface area contributed by atoms with E-state index in [4.69, 9.17) is 9.47 Å². The lowest BCUT2D eigenvalue weighted by Gasteiger charge is -2.33. The molecule has 2 unspecified atom stereocenters. The first-order valence-corrected chi connectivity index (χ1v) is 14.3. The molecule has 1 saturated carbocycles. The van der Waals surface area contributed by atoms with Gasteiger partial charge in [-0.15, -0.1) is 6.58 Å². The summed E-state index contributed by atoms with van der Waals surface area (Å²) in [6, 6.07) is 5.14. The Bertz CT molecular complexity index is 1050. The van der Waals surface area contributed by atoms with Gasteiger partial charge in [-0.3, -0.25) is 0 Å². The lowest BCUT2D eigenvalue weighted by atomic mass is 9.87. The standard InChI is InChI=1S/C27H36FN3O2.C4H8FN/c1-4-6-22-7-8-23(15-25(22)28)33-14-11-27(3)16-24(27)21-9-12-31(13-10-21)26-29-17-20(18-30-26)19-32-5-2;1-6-2-4(5)3-6/h4,7-8,15,17-18,21,24H,1,5-6,9-14,16,19H2,2-3H3;4H,2-3H2,1H3. The normalized spacial score (nSPS) is 23.5. The maximum atomic E-state index is 14.1. The van der Waals surface area contributed by atoms with E-state index in [1.54, 1.807) is 12.1 Å². The van der Waals surface area contributed by atoms with Crippen LogP contribution in [-0.2, 0) is 17.8 Å². The van der Waals surface area contributed by atoms with Gasteiger partial charge >= 0.3 is 0 Å². The Morgan fingerprint density at radius 3 is 2.46 bits per heavy atom. The molecule has 1 aromatic heterocycles. The zero-order valence-corrected chi connectivity index (χ0v) is 23.7. The van der Waals surface area contributed by atoms with Crippen molar-refractivity contribution < 1.29 is 18.3 Å². The third kappa shape index (κ3) is 8.21. The molecular formula is C31H44F2N4O2. The van der Waals surface area contributed by atoms with E-state index in [0.717, 1.165) is 42.9 Å². The molecule has 1 aromatic carbocycles. The first-order chi connectivity index (χ1) is 18.8. The summed E-state index contributed by atoms with van der Waals surface area (Å²) in [5.41, 5.74) is 2.01. The lowest BCUT2D eigenvalue weighted by Crippen LogP contribution is -2.45. The first kappa shape index (κ1) is 29.4. The average Bonchev–Trinajstić information content (AvgIpc) is 3.60. The van der Waals surface area contributed by atoms with E-state index in [1.165, 1.54) is 25.3 Å². The number of piperidine rings is 1. The summed E-state index contributed by atoms with van der Waals surface area (Å²) in [4.78, 5) is 13.3. The zero-order chi connectivity index (χ0) is 27.8. The van der Waals surface area contributed by atoms with E-state index in [0.29, 0.717) is 56.1 Å². The Kier molecular flexibility index (Phi) is 10.3. The summed E-state index contributed by atoms with van der Waals surface area (Å²) < 4.78 is 37.1. The van der Waals surface area contributed by atoms with Gasteiger partial charge in [0.05, 0.1) is 13.2 Å². The molecule has 3 aliphatic rings. The van der Waals surface area contributed by atoms with Crippen LogP contribution < -0.4 is 9.64 Å². The minimum atomic E-state index is -0.532. The first-order valence-electron chi connectivity index (χ1n) is 14.3. The van der Waals surface area contributed by atoms with E-state index >= 15 is 0 Å². The van der Waals surface area contributed by atoms with Crippen LogP contribution >= 0.6 is 0 Å². The fourth-order valence-corrected chi connectivity index (χ4v) is 5.74. The van der Waals surface area contributed by atoms with E-state index in [-0.39, 0.29) is 5.82 Å². The van der Waals surface area contributed by atoms with Gasteiger partial charge in [0, 0.05) is 56.8 Å². The van der Waals surface area contributed by atoms with Crippen LogP contribution in [0, 0.1) is 23.1 Å².